The van der Waals surface area contributed by atoms with Crippen LogP contribution in [0.15, 0.2) is 35.1 Å². The molecule has 0 unspecified atom stereocenters. The third kappa shape index (κ3) is 5.95. The molecule has 1 saturated heterocycles. The van der Waals surface area contributed by atoms with Crippen LogP contribution in [0.1, 0.15) is 50.2 Å². The summed E-state index contributed by atoms with van der Waals surface area (Å²) in [6.07, 6.45) is 5.68. The number of anilines is 2. The van der Waals surface area contributed by atoms with Crippen LogP contribution >= 0.6 is 11.6 Å². The minimum absolute atomic E-state index is 0.177. The Kier molecular flexibility index (Phi) is 8.04. The second kappa shape index (κ2) is 10.7. The van der Waals surface area contributed by atoms with Crippen molar-refractivity contribution >= 4 is 34.9 Å². The maximum absolute atomic E-state index is 15.0. The lowest BCUT2D eigenvalue weighted by atomic mass is 9.86. The number of likely N-dealkylation sites (tertiary alicyclic amines) is 1. The molecule has 0 aliphatic carbocycles. The van der Waals surface area contributed by atoms with Gasteiger partial charge in [-0.3, -0.25) is 0 Å². The Balaban J connectivity index is 1.80. The van der Waals surface area contributed by atoms with Crippen LogP contribution in [0.25, 0.3) is 0 Å². The van der Waals surface area contributed by atoms with Gasteiger partial charge in [0.1, 0.15) is 16.7 Å². The summed E-state index contributed by atoms with van der Waals surface area (Å²) in [5, 5.41) is 3.17. The minimum atomic E-state index is -0.342. The van der Waals surface area contributed by atoms with E-state index in [0.29, 0.717) is 23.7 Å². The van der Waals surface area contributed by atoms with Gasteiger partial charge in [-0.25, -0.2) is 14.4 Å². The lowest BCUT2D eigenvalue weighted by molar-refractivity contribution is 0.222. The number of aromatic nitrogens is 2. The first-order valence-corrected chi connectivity index (χ1v) is 11.3. The van der Waals surface area contributed by atoms with Gasteiger partial charge in [0.05, 0.1) is 11.9 Å². The van der Waals surface area contributed by atoms with E-state index < -0.39 is 0 Å². The van der Waals surface area contributed by atoms with Crippen molar-refractivity contribution in [1.29, 1.82) is 0 Å². The number of amidine groups is 1. The number of benzene rings is 1. The van der Waals surface area contributed by atoms with Gasteiger partial charge in [0.2, 0.25) is 5.95 Å². The van der Waals surface area contributed by atoms with Crippen LogP contribution < -0.4 is 16.8 Å². The van der Waals surface area contributed by atoms with Crippen molar-refractivity contribution in [3.63, 3.8) is 0 Å². The number of hydrogen-bond acceptors (Lipinski definition) is 6. The molecule has 172 valence electrons. The fourth-order valence-electron chi connectivity index (χ4n) is 3.86. The van der Waals surface area contributed by atoms with Crippen molar-refractivity contribution in [3.8, 4) is 0 Å². The summed E-state index contributed by atoms with van der Waals surface area (Å²) < 4.78 is 15.0. The number of piperidine rings is 1. The Morgan fingerprint density at radius 3 is 2.69 bits per heavy atom. The molecule has 5 N–H and O–H groups in total. The molecule has 0 bridgehead atoms. The van der Waals surface area contributed by atoms with E-state index in [2.05, 4.69) is 32.1 Å². The Morgan fingerprint density at radius 1 is 1.31 bits per heavy atom. The van der Waals surface area contributed by atoms with Crippen LogP contribution in [0, 0.1) is 12.7 Å². The normalized spacial score (nSPS) is 16.4. The highest BCUT2D eigenvalue weighted by molar-refractivity contribution is 6.32. The van der Waals surface area contributed by atoms with Crippen molar-refractivity contribution in [3.05, 3.63) is 52.1 Å². The highest BCUT2D eigenvalue weighted by Crippen LogP contribution is 2.33. The summed E-state index contributed by atoms with van der Waals surface area (Å²) in [5.74, 6) is 0.566. The Hall–Kier alpha value is -2.71. The molecule has 1 aliphatic heterocycles. The van der Waals surface area contributed by atoms with Gasteiger partial charge >= 0.3 is 0 Å². The first-order chi connectivity index (χ1) is 15.3. The maximum Gasteiger partial charge on any atom is 0.229 e. The Bertz CT molecular complexity index is 1010. The smallest absolute Gasteiger partial charge is 0.229 e. The van der Waals surface area contributed by atoms with Crippen molar-refractivity contribution in [2.24, 2.45) is 16.5 Å². The standard InChI is InChI=1S/C23H31ClFN7/c1-4-16(26)11-21(27)30-22-18(24)13-28-23(31-22)29-20-10-14(3)17(12-19(20)25)15-6-8-32(5-2)9-7-15/h10-13,15H,4-9,26H2,1-3H3,(H3,27,28,29,30,31)/b16-11-. The largest absolute Gasteiger partial charge is 0.402 e. The Morgan fingerprint density at radius 2 is 2.03 bits per heavy atom. The van der Waals surface area contributed by atoms with Gasteiger partial charge in [-0.05, 0) is 81.1 Å². The highest BCUT2D eigenvalue weighted by atomic mass is 35.5. The third-order valence-corrected chi connectivity index (χ3v) is 6.05. The zero-order valence-corrected chi connectivity index (χ0v) is 19.6. The predicted octanol–water partition coefficient (Wildman–Crippen LogP) is 4.76. The van der Waals surface area contributed by atoms with E-state index in [-0.39, 0.29) is 28.4 Å². The van der Waals surface area contributed by atoms with E-state index in [0.717, 1.165) is 43.6 Å². The molecule has 0 radical (unpaired) electrons. The van der Waals surface area contributed by atoms with Crippen LogP contribution in [0.2, 0.25) is 5.02 Å². The minimum Gasteiger partial charge on any atom is -0.402 e. The molecule has 9 heteroatoms. The van der Waals surface area contributed by atoms with Gasteiger partial charge in [-0.2, -0.15) is 4.98 Å². The van der Waals surface area contributed by atoms with Crippen LogP contribution in [0.5, 0.6) is 0 Å². The molecule has 1 fully saturated rings. The summed E-state index contributed by atoms with van der Waals surface area (Å²) in [7, 11) is 0. The molecular formula is C23H31ClFN7. The number of aryl methyl sites for hydroxylation is 1. The molecule has 32 heavy (non-hydrogen) atoms. The lowest BCUT2D eigenvalue weighted by Crippen LogP contribution is -2.32. The van der Waals surface area contributed by atoms with Crippen molar-refractivity contribution in [1.82, 2.24) is 14.9 Å². The molecule has 0 saturated carbocycles. The molecule has 0 spiro atoms. The molecule has 1 aromatic heterocycles. The number of rotatable bonds is 7. The number of aliphatic imine (C=N–C) groups is 1. The van der Waals surface area contributed by atoms with Gasteiger partial charge < -0.3 is 21.7 Å². The summed E-state index contributed by atoms with van der Waals surface area (Å²) in [6.45, 7) is 9.25. The molecule has 7 nitrogen and oxygen atoms in total. The molecule has 2 heterocycles. The van der Waals surface area contributed by atoms with Gasteiger partial charge in [0.25, 0.3) is 0 Å². The summed E-state index contributed by atoms with van der Waals surface area (Å²) in [6, 6.07) is 3.44. The van der Waals surface area contributed by atoms with Gasteiger partial charge in [-0.15, -0.1) is 0 Å². The Labute approximate surface area is 193 Å². The topological polar surface area (TPSA) is 105 Å². The average Bonchev–Trinajstić information content (AvgIpc) is 2.78. The predicted molar refractivity (Wildman–Crippen MR) is 129 cm³/mol. The molecule has 3 rings (SSSR count). The zero-order chi connectivity index (χ0) is 23.3. The summed E-state index contributed by atoms with van der Waals surface area (Å²) in [5.41, 5.74) is 14.7. The number of halogens is 2. The van der Waals surface area contributed by atoms with Gasteiger partial charge in [0.15, 0.2) is 5.82 Å². The van der Waals surface area contributed by atoms with E-state index in [1.807, 2.05) is 13.8 Å². The second-order valence-corrected chi connectivity index (χ2v) is 8.40. The van der Waals surface area contributed by atoms with Crippen molar-refractivity contribution < 1.29 is 4.39 Å². The van der Waals surface area contributed by atoms with Crippen LogP contribution in [0.3, 0.4) is 0 Å². The van der Waals surface area contributed by atoms with E-state index in [1.54, 1.807) is 18.2 Å². The summed E-state index contributed by atoms with van der Waals surface area (Å²) in [4.78, 5) is 15.0. The molecule has 1 aromatic carbocycles. The van der Waals surface area contributed by atoms with E-state index >= 15 is 0 Å². The fraction of sp³-hybridized carbons (Fsp3) is 0.435. The van der Waals surface area contributed by atoms with Crippen LogP contribution in [-0.4, -0.2) is 40.3 Å². The third-order valence-electron chi connectivity index (χ3n) is 5.78. The average molecular weight is 460 g/mol. The lowest BCUT2D eigenvalue weighted by Gasteiger charge is -2.32. The number of nitrogens with zero attached hydrogens (tertiary/aromatic N) is 4. The molecule has 0 atom stereocenters. The zero-order valence-electron chi connectivity index (χ0n) is 18.8. The van der Waals surface area contributed by atoms with E-state index in [1.165, 1.54) is 6.20 Å². The van der Waals surface area contributed by atoms with Gasteiger partial charge in [-0.1, -0.05) is 25.4 Å². The van der Waals surface area contributed by atoms with Crippen molar-refractivity contribution in [2.75, 3.05) is 25.0 Å². The monoisotopic (exact) mass is 459 g/mol. The second-order valence-electron chi connectivity index (χ2n) is 8.00. The first-order valence-electron chi connectivity index (χ1n) is 10.9. The highest BCUT2D eigenvalue weighted by Gasteiger charge is 2.22. The summed E-state index contributed by atoms with van der Waals surface area (Å²) >= 11 is 6.15. The molecule has 2 aromatic rings. The van der Waals surface area contributed by atoms with Gasteiger partial charge in [0, 0.05) is 5.70 Å². The fourth-order valence-corrected chi connectivity index (χ4v) is 3.99. The van der Waals surface area contributed by atoms with Crippen LogP contribution in [0.4, 0.5) is 21.8 Å². The van der Waals surface area contributed by atoms with Crippen LogP contribution in [-0.2, 0) is 0 Å². The van der Waals surface area contributed by atoms with E-state index in [9.17, 15) is 4.39 Å². The quantitative estimate of drug-likeness (QED) is 0.407. The molecular weight excluding hydrogens is 429 g/mol. The van der Waals surface area contributed by atoms with Crippen molar-refractivity contribution in [2.45, 2.75) is 46.0 Å². The number of nitrogens with one attached hydrogen (secondary N) is 1. The number of hydrogen-bond donors (Lipinski definition) is 3. The number of nitrogens with two attached hydrogens (primary N) is 2. The molecule has 0 amide bonds. The maximum atomic E-state index is 15.0. The number of allylic oxidation sites excluding steroid dienone is 1. The molecule has 1 aliphatic rings. The SMILES string of the molecule is CC/C(N)=C/C(N)=Nc1nc(Nc2cc(C)c(C3CCN(CC)CC3)cc2F)ncc1Cl. The first kappa shape index (κ1) is 23.9. The van der Waals surface area contributed by atoms with E-state index in [4.69, 9.17) is 23.1 Å².